The number of pyridine rings is 1. The third-order valence-electron chi connectivity index (χ3n) is 5.01. The molecule has 1 heterocycles. The van der Waals surface area contributed by atoms with Crippen LogP contribution >= 0.6 is 0 Å². The molecule has 0 radical (unpaired) electrons. The van der Waals surface area contributed by atoms with E-state index in [1.165, 1.54) is 7.11 Å². The molecule has 1 fully saturated rings. The topological polar surface area (TPSA) is 95.7 Å². The Morgan fingerprint density at radius 2 is 1.77 bits per heavy atom. The molecule has 1 aliphatic carbocycles. The Labute approximate surface area is 152 Å². The van der Waals surface area contributed by atoms with E-state index in [-0.39, 0.29) is 17.9 Å². The van der Waals surface area contributed by atoms with Crippen LogP contribution in [0.4, 0.5) is 11.4 Å². The number of benzene rings is 1. The van der Waals surface area contributed by atoms with Crippen molar-refractivity contribution in [3.8, 4) is 11.5 Å². The van der Waals surface area contributed by atoms with Crippen molar-refractivity contribution >= 4 is 28.2 Å². The SMILES string of the molecule is COC(=O)C1CCC(Nc2c(N)cnc3cc(OC)c(OC)cc23)CC1. The lowest BCUT2D eigenvalue weighted by molar-refractivity contribution is -0.146. The molecule has 7 heteroatoms. The largest absolute Gasteiger partial charge is 0.493 e. The van der Waals surface area contributed by atoms with Crippen molar-refractivity contribution in [2.45, 2.75) is 31.7 Å². The molecule has 3 rings (SSSR count). The summed E-state index contributed by atoms with van der Waals surface area (Å²) in [4.78, 5) is 16.1. The quantitative estimate of drug-likeness (QED) is 0.792. The van der Waals surface area contributed by atoms with Crippen molar-refractivity contribution in [1.29, 1.82) is 0 Å². The Morgan fingerprint density at radius 1 is 1.12 bits per heavy atom. The first-order valence-electron chi connectivity index (χ1n) is 8.72. The normalized spacial score (nSPS) is 19.8. The summed E-state index contributed by atoms with van der Waals surface area (Å²) < 4.78 is 15.6. The lowest BCUT2D eigenvalue weighted by Crippen LogP contribution is -2.30. The number of nitrogen functional groups attached to an aromatic ring is 1. The van der Waals surface area contributed by atoms with Crippen molar-refractivity contribution in [1.82, 2.24) is 4.98 Å². The third kappa shape index (κ3) is 3.47. The molecule has 0 bridgehead atoms. The predicted molar refractivity (Wildman–Crippen MR) is 101 cm³/mol. The average Bonchev–Trinajstić information content (AvgIpc) is 2.69. The highest BCUT2D eigenvalue weighted by atomic mass is 16.5. The second kappa shape index (κ2) is 7.68. The first-order chi connectivity index (χ1) is 12.6. The number of carbonyl (C=O) groups excluding carboxylic acids is 1. The van der Waals surface area contributed by atoms with E-state index in [1.807, 2.05) is 12.1 Å². The minimum Gasteiger partial charge on any atom is -0.493 e. The fourth-order valence-corrected chi connectivity index (χ4v) is 3.54. The highest BCUT2D eigenvalue weighted by Crippen LogP contribution is 2.38. The number of nitrogens with two attached hydrogens (primary N) is 1. The van der Waals surface area contributed by atoms with Crippen LogP contribution in [0.1, 0.15) is 25.7 Å². The van der Waals surface area contributed by atoms with Crippen molar-refractivity contribution in [3.63, 3.8) is 0 Å². The van der Waals surface area contributed by atoms with Crippen molar-refractivity contribution in [2.24, 2.45) is 5.92 Å². The number of esters is 1. The van der Waals surface area contributed by atoms with E-state index in [0.717, 1.165) is 42.3 Å². The van der Waals surface area contributed by atoms with Gasteiger partial charge in [0.2, 0.25) is 0 Å². The number of nitrogens with one attached hydrogen (secondary N) is 1. The smallest absolute Gasteiger partial charge is 0.308 e. The summed E-state index contributed by atoms with van der Waals surface area (Å²) in [6.45, 7) is 0. The lowest BCUT2D eigenvalue weighted by Gasteiger charge is -2.29. The van der Waals surface area contributed by atoms with Crippen molar-refractivity contribution < 1.29 is 19.0 Å². The molecule has 0 amide bonds. The monoisotopic (exact) mass is 359 g/mol. The Bertz CT molecular complexity index is 801. The first-order valence-corrected chi connectivity index (χ1v) is 8.72. The van der Waals surface area contributed by atoms with Gasteiger partial charge in [-0.3, -0.25) is 9.78 Å². The highest BCUT2D eigenvalue weighted by Gasteiger charge is 2.27. The molecule has 0 atom stereocenters. The molecule has 7 nitrogen and oxygen atoms in total. The van der Waals surface area contributed by atoms with Crippen molar-refractivity contribution in [2.75, 3.05) is 32.4 Å². The number of carbonyl (C=O) groups is 1. The highest BCUT2D eigenvalue weighted by molar-refractivity contribution is 5.98. The average molecular weight is 359 g/mol. The number of anilines is 2. The second-order valence-electron chi connectivity index (χ2n) is 6.53. The van der Waals surface area contributed by atoms with Gasteiger partial charge in [-0.25, -0.2) is 0 Å². The zero-order chi connectivity index (χ0) is 18.7. The Hall–Kier alpha value is -2.70. The summed E-state index contributed by atoms with van der Waals surface area (Å²) in [5, 5.41) is 4.43. The van der Waals surface area contributed by atoms with Gasteiger partial charge in [-0.15, -0.1) is 0 Å². The van der Waals surface area contributed by atoms with Gasteiger partial charge in [0, 0.05) is 17.5 Å². The summed E-state index contributed by atoms with van der Waals surface area (Å²) in [6.07, 6.45) is 5.04. The third-order valence-corrected chi connectivity index (χ3v) is 5.01. The van der Waals surface area contributed by atoms with Crippen LogP contribution in [0.15, 0.2) is 18.3 Å². The molecule has 3 N–H and O–H groups in total. The Morgan fingerprint density at radius 3 is 2.38 bits per heavy atom. The van der Waals surface area contributed by atoms with E-state index in [0.29, 0.717) is 17.2 Å². The molecule has 26 heavy (non-hydrogen) atoms. The molecule has 2 aromatic rings. The summed E-state index contributed by atoms with van der Waals surface area (Å²) in [5.41, 5.74) is 8.40. The van der Waals surface area contributed by atoms with Crippen LogP contribution in [0.25, 0.3) is 10.9 Å². The fraction of sp³-hybridized carbons (Fsp3) is 0.474. The summed E-state index contributed by atoms with van der Waals surface area (Å²) >= 11 is 0. The van der Waals surface area contributed by atoms with E-state index >= 15 is 0 Å². The Balaban J connectivity index is 1.86. The van der Waals surface area contributed by atoms with Gasteiger partial charge in [-0.05, 0) is 31.7 Å². The van der Waals surface area contributed by atoms with E-state index < -0.39 is 0 Å². The van der Waals surface area contributed by atoms with Crippen LogP contribution < -0.4 is 20.5 Å². The van der Waals surface area contributed by atoms with Gasteiger partial charge < -0.3 is 25.3 Å². The fourth-order valence-electron chi connectivity index (χ4n) is 3.54. The molecule has 0 unspecified atom stereocenters. The number of aromatic nitrogens is 1. The maximum Gasteiger partial charge on any atom is 0.308 e. The van der Waals surface area contributed by atoms with Crippen molar-refractivity contribution in [3.05, 3.63) is 18.3 Å². The van der Waals surface area contributed by atoms with Crippen LogP contribution in [0.2, 0.25) is 0 Å². The number of methoxy groups -OCH3 is 3. The summed E-state index contributed by atoms with van der Waals surface area (Å²) in [7, 11) is 4.64. The van der Waals surface area contributed by atoms with Gasteiger partial charge in [0.15, 0.2) is 11.5 Å². The van der Waals surface area contributed by atoms with Gasteiger partial charge in [0.05, 0.1) is 50.3 Å². The minimum absolute atomic E-state index is 0.00561. The molecule has 0 saturated heterocycles. The van der Waals surface area contributed by atoms with Gasteiger partial charge in [-0.2, -0.15) is 0 Å². The number of hydrogen-bond donors (Lipinski definition) is 2. The molecule has 140 valence electrons. The predicted octanol–water partition coefficient (Wildman–Crippen LogP) is 2.98. The number of fused-ring (bicyclic) bond motifs is 1. The minimum atomic E-state index is -0.117. The summed E-state index contributed by atoms with van der Waals surface area (Å²) in [6, 6.07) is 3.98. The van der Waals surface area contributed by atoms with Crippen LogP contribution in [-0.4, -0.2) is 38.3 Å². The number of nitrogens with zero attached hydrogens (tertiary/aromatic N) is 1. The maximum absolute atomic E-state index is 11.7. The van der Waals surface area contributed by atoms with Crippen LogP contribution in [-0.2, 0) is 9.53 Å². The molecule has 1 aliphatic rings. The van der Waals surface area contributed by atoms with E-state index in [9.17, 15) is 4.79 Å². The zero-order valence-corrected chi connectivity index (χ0v) is 15.4. The first kappa shape index (κ1) is 18.1. The zero-order valence-electron chi connectivity index (χ0n) is 15.4. The molecular formula is C19H25N3O4. The van der Waals surface area contributed by atoms with Crippen LogP contribution in [0.5, 0.6) is 11.5 Å². The van der Waals surface area contributed by atoms with E-state index in [4.69, 9.17) is 19.9 Å². The Kier molecular flexibility index (Phi) is 5.35. The van der Waals surface area contributed by atoms with Crippen LogP contribution in [0, 0.1) is 5.92 Å². The van der Waals surface area contributed by atoms with Gasteiger partial charge in [0.1, 0.15) is 0 Å². The molecule has 1 aromatic carbocycles. The molecular weight excluding hydrogens is 334 g/mol. The van der Waals surface area contributed by atoms with Gasteiger partial charge in [0.25, 0.3) is 0 Å². The van der Waals surface area contributed by atoms with Gasteiger partial charge in [-0.1, -0.05) is 0 Å². The second-order valence-corrected chi connectivity index (χ2v) is 6.53. The number of rotatable bonds is 5. The number of ether oxygens (including phenoxy) is 3. The summed E-state index contributed by atoms with van der Waals surface area (Å²) in [5.74, 6) is 1.13. The molecule has 0 spiro atoms. The molecule has 1 saturated carbocycles. The molecule has 0 aliphatic heterocycles. The molecule has 1 aromatic heterocycles. The standard InChI is InChI=1S/C19H25N3O4/c1-24-16-8-13-15(9-17(16)25-2)21-10-14(20)18(13)22-12-6-4-11(5-7-12)19(23)26-3/h8-12H,4-7,20H2,1-3H3,(H,21,22). The lowest BCUT2D eigenvalue weighted by atomic mass is 9.86. The van der Waals surface area contributed by atoms with Crippen LogP contribution in [0.3, 0.4) is 0 Å². The maximum atomic E-state index is 11.7. The van der Waals surface area contributed by atoms with Gasteiger partial charge >= 0.3 is 5.97 Å². The van der Waals surface area contributed by atoms with E-state index in [1.54, 1.807) is 20.4 Å². The van der Waals surface area contributed by atoms with E-state index in [2.05, 4.69) is 10.3 Å². The number of hydrogen-bond acceptors (Lipinski definition) is 7.